The fraction of sp³-hybridized carbons (Fsp3) is 0.622. The fourth-order valence-corrected chi connectivity index (χ4v) is 8.83. The van der Waals surface area contributed by atoms with E-state index in [4.69, 9.17) is 9.47 Å². The number of benzene rings is 1. The number of nitrogens with zero attached hydrogens (tertiary/aromatic N) is 3. The monoisotopic (exact) mass is 808 g/mol. The quantitative estimate of drug-likeness (QED) is 0.277. The Kier molecular flexibility index (Phi) is 11.0. The van der Waals surface area contributed by atoms with Crippen LogP contribution in [0.15, 0.2) is 30.4 Å². The molecule has 4 N–H and O–H groups in total. The summed E-state index contributed by atoms with van der Waals surface area (Å²) in [5.74, 6) is -4.41. The molecule has 3 fully saturated rings. The van der Waals surface area contributed by atoms with Crippen molar-refractivity contribution in [2.24, 2.45) is 17.8 Å². The van der Waals surface area contributed by atoms with Gasteiger partial charge in [0.15, 0.2) is 0 Å². The number of fused-ring (bicyclic) bond motifs is 3. The molecule has 2 aliphatic heterocycles. The smallest absolute Gasteiger partial charge is 0.438 e. The summed E-state index contributed by atoms with van der Waals surface area (Å²) in [6.07, 6.45) is -2.48. The van der Waals surface area contributed by atoms with Crippen LogP contribution in [0.5, 0.6) is 11.6 Å². The lowest BCUT2D eigenvalue weighted by Gasteiger charge is -2.32. The summed E-state index contributed by atoms with van der Waals surface area (Å²) < 4.78 is 82.0. The van der Waals surface area contributed by atoms with Crippen LogP contribution in [0.4, 0.5) is 18.0 Å². The summed E-state index contributed by atoms with van der Waals surface area (Å²) >= 11 is 0. The molecule has 0 bridgehead atoms. The van der Waals surface area contributed by atoms with Crippen LogP contribution < -0.4 is 24.8 Å². The first kappa shape index (κ1) is 41.0. The van der Waals surface area contributed by atoms with Gasteiger partial charge in [-0.25, -0.2) is 23.2 Å². The molecule has 0 spiro atoms. The van der Waals surface area contributed by atoms with Gasteiger partial charge in [0.2, 0.25) is 33.4 Å². The zero-order valence-electron chi connectivity index (χ0n) is 31.7. The fourth-order valence-electron chi connectivity index (χ4n) is 7.52. The van der Waals surface area contributed by atoms with Crippen LogP contribution in [0, 0.1) is 17.8 Å². The molecule has 4 aliphatic rings. The van der Waals surface area contributed by atoms with Crippen LogP contribution in [0.3, 0.4) is 0 Å². The highest BCUT2D eigenvalue weighted by molar-refractivity contribution is 7.91. The highest BCUT2D eigenvalue weighted by Crippen LogP contribution is 2.48. The standard InChI is InChI=1S/C37H47F3N6O9S/c1-19(2)54-23-10-11-25-26(15-23)42-31(29(41-25)37(38,39)40)55-24-16-27-30(47)44-36(33(49)45-56(52,53)35(5)12-13-35)17-22(36)9-7-6-8-20(3)14-21(4)28(43-34(50)51)32(48)46(27)18-24/h7,9-11,15,19-22,24,27-28,43H,6,8,12-14,16-18H2,1-5H3,(H,44,47)(H,45,49)(H,50,51)/b9-7-/t20-,21-,22-,24-,27+,28+,36-/m1/s1. The predicted octanol–water partition coefficient (Wildman–Crippen LogP) is 4.31. The van der Waals surface area contributed by atoms with Gasteiger partial charge in [0.05, 0.1) is 28.4 Å². The summed E-state index contributed by atoms with van der Waals surface area (Å²) in [6.45, 7) is 8.22. The van der Waals surface area contributed by atoms with E-state index in [0.717, 1.165) is 4.90 Å². The number of amides is 4. The number of alkyl halides is 3. The van der Waals surface area contributed by atoms with Crippen molar-refractivity contribution in [2.45, 2.75) is 120 Å². The Labute approximate surface area is 322 Å². The van der Waals surface area contributed by atoms with Gasteiger partial charge in [0.1, 0.15) is 29.5 Å². The Morgan fingerprint density at radius 2 is 1.82 bits per heavy atom. The molecule has 4 amide bonds. The molecule has 19 heteroatoms. The van der Waals surface area contributed by atoms with E-state index >= 15 is 0 Å². The SMILES string of the molecule is CC(C)Oc1ccc2nc(C(F)(F)F)c(O[C@@H]3C[C@H]4C(=O)N[C@]5(C(=O)NS(=O)(=O)C6(C)CC6)C[C@H]5/C=C\CC[C@@H](C)C[C@@H](C)[C@H](NC(=O)O)C(=O)N4C3)nc2c1. The Morgan fingerprint density at radius 3 is 2.46 bits per heavy atom. The third-order valence-corrected chi connectivity index (χ3v) is 13.2. The lowest BCUT2D eigenvalue weighted by molar-refractivity contribution is -0.143. The van der Waals surface area contributed by atoms with Gasteiger partial charge >= 0.3 is 12.3 Å². The number of hydrogen-bond donors (Lipinski definition) is 4. The van der Waals surface area contributed by atoms with Crippen LogP contribution in [0.2, 0.25) is 0 Å². The first-order valence-electron chi connectivity index (χ1n) is 18.7. The van der Waals surface area contributed by atoms with Crippen LogP contribution in [0.1, 0.15) is 85.3 Å². The number of allylic oxidation sites excluding steroid dienone is 1. The second-order valence-electron chi connectivity index (χ2n) is 16.1. The minimum atomic E-state index is -5.02. The van der Waals surface area contributed by atoms with Crippen molar-refractivity contribution in [1.29, 1.82) is 0 Å². The maximum Gasteiger partial charge on any atom is 0.438 e. The van der Waals surface area contributed by atoms with Crippen molar-refractivity contribution in [2.75, 3.05) is 6.54 Å². The molecule has 7 atom stereocenters. The minimum Gasteiger partial charge on any atom is -0.491 e. The summed E-state index contributed by atoms with van der Waals surface area (Å²) in [5, 5.41) is 14.7. The average Bonchev–Trinajstić information content (AvgIpc) is 3.97. The first-order chi connectivity index (χ1) is 26.1. The number of carbonyl (C=O) groups excluding carboxylic acids is 3. The van der Waals surface area contributed by atoms with E-state index in [1.807, 2.05) is 13.0 Å². The van der Waals surface area contributed by atoms with E-state index in [0.29, 0.717) is 37.9 Å². The van der Waals surface area contributed by atoms with E-state index in [-0.39, 0.29) is 35.9 Å². The molecule has 1 aromatic carbocycles. The van der Waals surface area contributed by atoms with E-state index in [2.05, 4.69) is 25.3 Å². The molecule has 306 valence electrons. The van der Waals surface area contributed by atoms with Crippen LogP contribution in [-0.4, -0.2) is 93.3 Å². The second kappa shape index (κ2) is 15.0. The highest BCUT2D eigenvalue weighted by atomic mass is 32.2. The lowest BCUT2D eigenvalue weighted by Crippen LogP contribution is -2.59. The van der Waals surface area contributed by atoms with Gasteiger partial charge in [-0.05, 0) is 83.3 Å². The summed E-state index contributed by atoms with van der Waals surface area (Å²) in [4.78, 5) is 63.4. The number of aromatic nitrogens is 2. The zero-order chi connectivity index (χ0) is 41.0. The van der Waals surface area contributed by atoms with Crippen molar-refractivity contribution in [1.82, 2.24) is 30.2 Å². The van der Waals surface area contributed by atoms with E-state index in [1.54, 1.807) is 26.8 Å². The number of hydrogen-bond acceptors (Lipinski definition) is 10. The largest absolute Gasteiger partial charge is 0.491 e. The minimum absolute atomic E-state index is 0.00583. The maximum absolute atomic E-state index is 14.4. The van der Waals surface area contributed by atoms with Crippen LogP contribution >= 0.6 is 0 Å². The molecule has 56 heavy (non-hydrogen) atoms. The summed E-state index contributed by atoms with van der Waals surface area (Å²) in [7, 11) is -4.11. The van der Waals surface area contributed by atoms with Gasteiger partial charge in [0, 0.05) is 18.4 Å². The van der Waals surface area contributed by atoms with Crippen LogP contribution in [0.25, 0.3) is 11.0 Å². The zero-order valence-corrected chi connectivity index (χ0v) is 32.5. The number of nitrogens with one attached hydrogen (secondary N) is 3. The molecule has 2 aliphatic carbocycles. The normalized spacial score (nSPS) is 29.9. The van der Waals surface area contributed by atoms with E-state index in [1.165, 1.54) is 25.1 Å². The maximum atomic E-state index is 14.4. The van der Waals surface area contributed by atoms with Crippen molar-refractivity contribution in [3.8, 4) is 11.6 Å². The molecule has 0 unspecified atom stereocenters. The molecule has 2 aromatic rings. The Bertz CT molecular complexity index is 2040. The molecule has 0 radical (unpaired) electrons. The number of rotatable bonds is 8. The van der Waals surface area contributed by atoms with Crippen molar-refractivity contribution < 1.29 is 55.3 Å². The van der Waals surface area contributed by atoms with Gasteiger partial charge in [-0.3, -0.25) is 19.1 Å². The van der Waals surface area contributed by atoms with Crippen molar-refractivity contribution in [3.63, 3.8) is 0 Å². The molecular formula is C37H47F3N6O9S. The Morgan fingerprint density at radius 1 is 1.11 bits per heavy atom. The Balaban J connectivity index is 1.37. The molecule has 6 rings (SSSR count). The first-order valence-corrected chi connectivity index (χ1v) is 20.2. The number of carboxylic acid groups (broad SMARTS) is 1. The molecule has 2 saturated carbocycles. The number of carbonyl (C=O) groups is 4. The van der Waals surface area contributed by atoms with Gasteiger partial charge in [0.25, 0.3) is 5.91 Å². The van der Waals surface area contributed by atoms with Crippen molar-refractivity contribution >= 4 is 44.9 Å². The average molecular weight is 809 g/mol. The summed E-state index contributed by atoms with van der Waals surface area (Å²) in [6, 6.07) is 1.37. The third-order valence-electron chi connectivity index (χ3n) is 11.0. The second-order valence-corrected chi connectivity index (χ2v) is 18.3. The van der Waals surface area contributed by atoms with Gasteiger partial charge in [-0.1, -0.05) is 26.0 Å². The topological polar surface area (TPSA) is 206 Å². The van der Waals surface area contributed by atoms with Crippen LogP contribution in [-0.2, 0) is 30.6 Å². The summed E-state index contributed by atoms with van der Waals surface area (Å²) in [5.41, 5.74) is -3.21. The number of ether oxygens (including phenoxy) is 2. The van der Waals surface area contributed by atoms with E-state index < -0.39 is 98.4 Å². The number of sulfonamides is 1. The molecule has 3 heterocycles. The highest BCUT2D eigenvalue weighted by Gasteiger charge is 2.63. The van der Waals surface area contributed by atoms with Gasteiger partial charge < -0.3 is 30.1 Å². The molecule has 1 aromatic heterocycles. The Hall–Kier alpha value is -4.68. The lowest BCUT2D eigenvalue weighted by atomic mass is 9.88. The predicted molar refractivity (Wildman–Crippen MR) is 195 cm³/mol. The van der Waals surface area contributed by atoms with Crippen molar-refractivity contribution in [3.05, 3.63) is 36.0 Å². The van der Waals surface area contributed by atoms with Gasteiger partial charge in [-0.2, -0.15) is 13.2 Å². The molecular weight excluding hydrogens is 762 g/mol. The molecule has 1 saturated heterocycles. The third kappa shape index (κ3) is 8.51. The van der Waals surface area contributed by atoms with Gasteiger partial charge in [-0.15, -0.1) is 0 Å². The van der Waals surface area contributed by atoms with E-state index in [9.17, 15) is 45.9 Å². The molecule has 15 nitrogen and oxygen atoms in total. The number of halogens is 3.